The molecule has 17 heavy (non-hydrogen) atoms. The van der Waals surface area contributed by atoms with Gasteiger partial charge in [0.2, 0.25) is 0 Å². The van der Waals surface area contributed by atoms with Gasteiger partial charge in [0, 0.05) is 12.6 Å². The highest BCUT2D eigenvalue weighted by atomic mass is 32.2. The Morgan fingerprint density at radius 2 is 2.24 bits per heavy atom. The van der Waals surface area contributed by atoms with Gasteiger partial charge in [-0.15, -0.1) is 0 Å². The van der Waals surface area contributed by atoms with E-state index in [1.54, 1.807) is 0 Å². The van der Waals surface area contributed by atoms with E-state index in [-0.39, 0.29) is 0 Å². The number of nitrogens with one attached hydrogen (secondary N) is 1. The van der Waals surface area contributed by atoms with Crippen molar-refractivity contribution in [3.63, 3.8) is 0 Å². The van der Waals surface area contributed by atoms with E-state index in [4.69, 9.17) is 5.26 Å². The van der Waals surface area contributed by atoms with Gasteiger partial charge in [-0.2, -0.15) is 17.0 Å². The Labute approximate surface area is 108 Å². The van der Waals surface area contributed by atoms with Gasteiger partial charge in [-0.05, 0) is 55.5 Å². The minimum atomic E-state index is 0.539. The van der Waals surface area contributed by atoms with E-state index in [0.29, 0.717) is 6.04 Å². The first kappa shape index (κ1) is 14.1. The predicted octanol–water partition coefficient (Wildman–Crippen LogP) is 3.10. The SMILES string of the molecule is CSCCC(C)NCc1ccc(C#N)cc1C. The largest absolute Gasteiger partial charge is 0.310 e. The molecule has 1 atom stereocenters. The maximum Gasteiger partial charge on any atom is 0.0991 e. The van der Waals surface area contributed by atoms with Gasteiger partial charge < -0.3 is 5.32 Å². The molecule has 92 valence electrons. The zero-order chi connectivity index (χ0) is 12.7. The van der Waals surface area contributed by atoms with E-state index in [0.717, 1.165) is 12.1 Å². The second kappa shape index (κ2) is 7.37. The first-order chi connectivity index (χ1) is 8.17. The Morgan fingerprint density at radius 1 is 1.47 bits per heavy atom. The number of nitriles is 1. The van der Waals surface area contributed by atoms with Gasteiger partial charge in [0.1, 0.15) is 0 Å². The summed E-state index contributed by atoms with van der Waals surface area (Å²) in [6, 6.07) is 8.58. The molecule has 2 nitrogen and oxygen atoms in total. The molecule has 0 aliphatic rings. The predicted molar refractivity (Wildman–Crippen MR) is 75.2 cm³/mol. The van der Waals surface area contributed by atoms with Crippen molar-refractivity contribution in [2.24, 2.45) is 0 Å². The molecule has 0 bridgehead atoms. The Kier molecular flexibility index (Phi) is 6.10. The van der Waals surface area contributed by atoms with E-state index in [1.807, 2.05) is 30.0 Å². The van der Waals surface area contributed by atoms with Crippen LogP contribution in [-0.4, -0.2) is 18.1 Å². The molecule has 0 heterocycles. The molecular formula is C14H20N2S. The average molecular weight is 248 g/mol. The number of rotatable bonds is 6. The molecule has 0 amide bonds. The number of hydrogen-bond donors (Lipinski definition) is 1. The molecule has 1 aromatic carbocycles. The van der Waals surface area contributed by atoms with Gasteiger partial charge in [-0.25, -0.2) is 0 Å². The van der Waals surface area contributed by atoms with Crippen LogP contribution in [0, 0.1) is 18.3 Å². The molecule has 0 radical (unpaired) electrons. The van der Waals surface area contributed by atoms with Crippen molar-refractivity contribution in [2.45, 2.75) is 32.9 Å². The van der Waals surface area contributed by atoms with Crippen LogP contribution in [0.2, 0.25) is 0 Å². The minimum Gasteiger partial charge on any atom is -0.310 e. The highest BCUT2D eigenvalue weighted by Crippen LogP contribution is 2.11. The number of nitrogens with zero attached hydrogens (tertiary/aromatic N) is 1. The van der Waals surface area contributed by atoms with Gasteiger partial charge in [0.15, 0.2) is 0 Å². The third kappa shape index (κ3) is 4.80. The Bertz CT molecular complexity index is 396. The quantitative estimate of drug-likeness (QED) is 0.840. The molecular weight excluding hydrogens is 228 g/mol. The monoisotopic (exact) mass is 248 g/mol. The summed E-state index contributed by atoms with van der Waals surface area (Å²) in [5.74, 6) is 1.19. The first-order valence-electron chi connectivity index (χ1n) is 5.89. The summed E-state index contributed by atoms with van der Waals surface area (Å²) >= 11 is 1.88. The topological polar surface area (TPSA) is 35.8 Å². The average Bonchev–Trinajstić information content (AvgIpc) is 2.34. The highest BCUT2D eigenvalue weighted by Gasteiger charge is 2.03. The van der Waals surface area contributed by atoms with Gasteiger partial charge in [0.25, 0.3) is 0 Å². The van der Waals surface area contributed by atoms with Crippen LogP contribution < -0.4 is 5.32 Å². The molecule has 0 saturated heterocycles. The van der Waals surface area contributed by atoms with E-state index < -0.39 is 0 Å². The zero-order valence-electron chi connectivity index (χ0n) is 10.8. The molecule has 0 aromatic heterocycles. The van der Waals surface area contributed by atoms with Crippen LogP contribution >= 0.6 is 11.8 Å². The molecule has 0 fully saturated rings. The van der Waals surface area contributed by atoms with Gasteiger partial charge in [0.05, 0.1) is 11.6 Å². The Hall–Kier alpha value is -0.980. The summed E-state index contributed by atoms with van der Waals surface area (Å²) in [5.41, 5.74) is 3.20. The summed E-state index contributed by atoms with van der Waals surface area (Å²) in [7, 11) is 0. The van der Waals surface area contributed by atoms with E-state index >= 15 is 0 Å². The van der Waals surface area contributed by atoms with Crippen LogP contribution in [-0.2, 0) is 6.54 Å². The van der Waals surface area contributed by atoms with Crippen LogP contribution in [0.15, 0.2) is 18.2 Å². The Morgan fingerprint density at radius 3 is 2.82 bits per heavy atom. The van der Waals surface area contributed by atoms with Crippen molar-refractivity contribution in [1.82, 2.24) is 5.32 Å². The smallest absolute Gasteiger partial charge is 0.0991 e. The van der Waals surface area contributed by atoms with Crippen LogP contribution in [0.4, 0.5) is 0 Å². The maximum absolute atomic E-state index is 8.80. The third-order valence-electron chi connectivity index (χ3n) is 2.87. The molecule has 1 aromatic rings. The van der Waals surface area contributed by atoms with Crippen molar-refractivity contribution >= 4 is 11.8 Å². The minimum absolute atomic E-state index is 0.539. The fourth-order valence-corrected chi connectivity index (χ4v) is 2.23. The molecule has 0 aliphatic carbocycles. The summed E-state index contributed by atoms with van der Waals surface area (Å²) in [5, 5.41) is 12.3. The number of thioether (sulfide) groups is 1. The highest BCUT2D eigenvalue weighted by molar-refractivity contribution is 7.98. The Balaban J connectivity index is 2.49. The van der Waals surface area contributed by atoms with Gasteiger partial charge in [-0.1, -0.05) is 6.07 Å². The summed E-state index contributed by atoms with van der Waals surface area (Å²) in [6.45, 7) is 5.16. The normalized spacial score (nSPS) is 12.1. The standard InChI is InChI=1S/C14H20N2S/c1-11-8-13(9-15)4-5-14(11)10-16-12(2)6-7-17-3/h4-5,8,12,16H,6-7,10H2,1-3H3. The van der Waals surface area contributed by atoms with E-state index in [9.17, 15) is 0 Å². The van der Waals surface area contributed by atoms with Crippen LogP contribution in [0.3, 0.4) is 0 Å². The van der Waals surface area contributed by atoms with Gasteiger partial charge >= 0.3 is 0 Å². The molecule has 0 spiro atoms. The second-order valence-electron chi connectivity index (χ2n) is 4.32. The number of hydrogen-bond acceptors (Lipinski definition) is 3. The first-order valence-corrected chi connectivity index (χ1v) is 7.28. The summed E-state index contributed by atoms with van der Waals surface area (Å²) in [4.78, 5) is 0. The molecule has 1 rings (SSSR count). The van der Waals surface area contributed by atoms with E-state index in [1.165, 1.54) is 23.3 Å². The lowest BCUT2D eigenvalue weighted by Crippen LogP contribution is -2.26. The zero-order valence-corrected chi connectivity index (χ0v) is 11.6. The number of benzene rings is 1. The van der Waals surface area contributed by atoms with Crippen LogP contribution in [0.25, 0.3) is 0 Å². The second-order valence-corrected chi connectivity index (χ2v) is 5.30. The molecule has 1 unspecified atom stereocenters. The van der Waals surface area contributed by atoms with Crippen LogP contribution in [0.1, 0.15) is 30.0 Å². The van der Waals surface area contributed by atoms with Crippen molar-refractivity contribution in [2.75, 3.05) is 12.0 Å². The lowest BCUT2D eigenvalue weighted by atomic mass is 10.1. The fraction of sp³-hybridized carbons (Fsp3) is 0.500. The van der Waals surface area contributed by atoms with Crippen molar-refractivity contribution < 1.29 is 0 Å². The van der Waals surface area contributed by atoms with Crippen LogP contribution in [0.5, 0.6) is 0 Å². The fourth-order valence-electron chi connectivity index (χ4n) is 1.64. The molecule has 0 aliphatic heterocycles. The van der Waals surface area contributed by atoms with Crippen molar-refractivity contribution in [1.29, 1.82) is 5.26 Å². The maximum atomic E-state index is 8.80. The van der Waals surface area contributed by atoms with Crippen molar-refractivity contribution in [3.8, 4) is 6.07 Å². The molecule has 3 heteroatoms. The number of aryl methyl sites for hydroxylation is 1. The summed E-state index contributed by atoms with van der Waals surface area (Å²) in [6.07, 6.45) is 3.33. The summed E-state index contributed by atoms with van der Waals surface area (Å²) < 4.78 is 0. The van der Waals surface area contributed by atoms with Crippen molar-refractivity contribution in [3.05, 3.63) is 34.9 Å². The lowest BCUT2D eigenvalue weighted by molar-refractivity contribution is 0.536. The molecule has 1 N–H and O–H groups in total. The third-order valence-corrected chi connectivity index (χ3v) is 3.51. The van der Waals surface area contributed by atoms with E-state index in [2.05, 4.69) is 31.5 Å². The van der Waals surface area contributed by atoms with Gasteiger partial charge in [-0.3, -0.25) is 0 Å². The lowest BCUT2D eigenvalue weighted by Gasteiger charge is -2.14. The molecule has 0 saturated carbocycles.